The van der Waals surface area contributed by atoms with Crippen molar-refractivity contribution in [3.05, 3.63) is 76.5 Å². The molecule has 0 saturated heterocycles. The zero-order valence-electron chi connectivity index (χ0n) is 15.8. The van der Waals surface area contributed by atoms with Gasteiger partial charge in [-0.1, -0.05) is 50.6 Å². The fraction of sp³-hybridized carbons (Fsp3) is 0.409. The van der Waals surface area contributed by atoms with Gasteiger partial charge >= 0.3 is 0 Å². The summed E-state index contributed by atoms with van der Waals surface area (Å²) in [6.07, 6.45) is 9.96. The van der Waals surface area contributed by atoms with Gasteiger partial charge in [0.1, 0.15) is 31.6 Å². The van der Waals surface area contributed by atoms with Crippen molar-refractivity contribution in [1.29, 1.82) is 0 Å². The molecule has 3 aromatic rings. The number of ether oxygens (including phenoxy) is 1. The van der Waals surface area contributed by atoms with E-state index in [1.807, 2.05) is 0 Å². The van der Waals surface area contributed by atoms with Crippen LogP contribution < -0.4 is 4.57 Å². The van der Waals surface area contributed by atoms with Crippen molar-refractivity contribution in [1.82, 2.24) is 4.57 Å². The van der Waals surface area contributed by atoms with Crippen molar-refractivity contribution in [3.63, 3.8) is 0 Å². The molecule has 0 N–H and O–H groups in total. The van der Waals surface area contributed by atoms with Gasteiger partial charge in [0.15, 0.2) is 0 Å². The van der Waals surface area contributed by atoms with Gasteiger partial charge in [-0.3, -0.25) is 0 Å². The predicted octanol–water partition coefficient (Wildman–Crippen LogP) is 5.01. The van der Waals surface area contributed by atoms with Gasteiger partial charge in [-0.05, 0) is 35.4 Å². The van der Waals surface area contributed by atoms with E-state index in [1.165, 1.54) is 16.0 Å². The average Bonchev–Trinajstić information content (AvgIpc) is 3.34. The molecule has 1 aromatic carbocycles. The van der Waals surface area contributed by atoms with Crippen LogP contribution in [0.2, 0.25) is 0 Å². The number of unbranched alkanes of at least 4 members (excludes halogenated alkanes) is 1. The maximum absolute atomic E-state index is 6.16. The average molecular weight is 370 g/mol. The van der Waals surface area contributed by atoms with Crippen LogP contribution in [0.3, 0.4) is 0 Å². The van der Waals surface area contributed by atoms with Gasteiger partial charge < -0.3 is 4.74 Å². The minimum atomic E-state index is 0.131. The number of imidazole rings is 1. The Hall–Kier alpha value is -1.91. The monoisotopic (exact) mass is 369 g/mol. The molecular weight excluding hydrogens is 340 g/mol. The summed E-state index contributed by atoms with van der Waals surface area (Å²) < 4.78 is 10.6. The lowest BCUT2D eigenvalue weighted by Gasteiger charge is -2.14. The molecule has 0 bridgehead atoms. The van der Waals surface area contributed by atoms with Crippen LogP contribution in [0.5, 0.6) is 0 Å². The number of aryl methyl sites for hydroxylation is 1. The Labute approximate surface area is 160 Å². The fourth-order valence-electron chi connectivity index (χ4n) is 2.99. The molecule has 2 aromatic heterocycles. The summed E-state index contributed by atoms with van der Waals surface area (Å²) in [7, 11) is 0. The third kappa shape index (κ3) is 5.29. The second-order valence-corrected chi connectivity index (χ2v) is 7.66. The van der Waals surface area contributed by atoms with Crippen LogP contribution in [-0.2, 0) is 24.2 Å². The molecule has 0 aliphatic carbocycles. The van der Waals surface area contributed by atoms with Crippen LogP contribution >= 0.6 is 11.3 Å². The number of hydrogen-bond acceptors (Lipinski definition) is 2. The highest BCUT2D eigenvalue weighted by molar-refractivity contribution is 7.10. The Bertz CT molecular complexity index is 762. The Morgan fingerprint density at radius 3 is 2.62 bits per heavy atom. The molecular formula is C22H29N2OS+. The lowest BCUT2D eigenvalue weighted by molar-refractivity contribution is -0.687. The number of thiophene rings is 1. The van der Waals surface area contributed by atoms with Gasteiger partial charge in [0.05, 0.1) is 0 Å². The summed E-state index contributed by atoms with van der Waals surface area (Å²) in [5.41, 5.74) is 2.72. The Morgan fingerprint density at radius 2 is 1.92 bits per heavy atom. The molecule has 1 atom stereocenters. The predicted molar refractivity (Wildman–Crippen MR) is 107 cm³/mol. The van der Waals surface area contributed by atoms with Crippen LogP contribution in [0.15, 0.2) is 60.5 Å². The lowest BCUT2D eigenvalue weighted by Crippen LogP contribution is -2.31. The summed E-state index contributed by atoms with van der Waals surface area (Å²) in [4.78, 5) is 1.30. The van der Waals surface area contributed by atoms with Crippen molar-refractivity contribution in [2.75, 3.05) is 6.61 Å². The van der Waals surface area contributed by atoms with Gasteiger partial charge in [-0.25, -0.2) is 9.13 Å². The second kappa shape index (κ2) is 9.70. The van der Waals surface area contributed by atoms with E-state index in [-0.39, 0.29) is 6.10 Å². The fourth-order valence-corrected chi connectivity index (χ4v) is 3.76. The van der Waals surface area contributed by atoms with E-state index in [0.717, 1.165) is 39.0 Å². The topological polar surface area (TPSA) is 18.0 Å². The van der Waals surface area contributed by atoms with Crippen molar-refractivity contribution in [3.8, 4) is 0 Å². The van der Waals surface area contributed by atoms with Gasteiger partial charge in [0.25, 0.3) is 0 Å². The molecule has 0 aliphatic rings. The minimum Gasteiger partial charge on any atom is -0.369 e. The SMILES string of the molecule is CCCCOC(Cn1cc[n+](Cc2ccc(CC)cc2)c1)c1cccs1. The first-order chi connectivity index (χ1) is 12.8. The molecule has 4 heteroatoms. The van der Waals surface area contributed by atoms with Crippen LogP contribution in [0.4, 0.5) is 0 Å². The first-order valence-electron chi connectivity index (χ1n) is 9.56. The number of hydrogen-bond donors (Lipinski definition) is 0. The highest BCUT2D eigenvalue weighted by Gasteiger charge is 2.17. The maximum Gasteiger partial charge on any atom is 0.244 e. The van der Waals surface area contributed by atoms with E-state index in [2.05, 4.69) is 83.5 Å². The van der Waals surface area contributed by atoms with E-state index < -0.39 is 0 Å². The quantitative estimate of drug-likeness (QED) is 0.363. The Kier molecular flexibility index (Phi) is 7.04. The van der Waals surface area contributed by atoms with Crippen LogP contribution in [0, 0.1) is 0 Å². The molecule has 0 radical (unpaired) electrons. The molecule has 26 heavy (non-hydrogen) atoms. The standard InChI is InChI=1S/C22H29N2OS/c1-3-5-14-25-21(22-7-6-15-26-22)17-24-13-12-23(18-24)16-20-10-8-19(4-2)9-11-20/h6-13,15,18,21H,3-5,14,16-17H2,1-2H3/q+1. The normalized spacial score (nSPS) is 12.4. The summed E-state index contributed by atoms with van der Waals surface area (Å²) >= 11 is 1.78. The molecule has 0 fully saturated rings. The third-order valence-corrected chi connectivity index (χ3v) is 5.56. The van der Waals surface area contributed by atoms with Gasteiger partial charge in [0.2, 0.25) is 6.33 Å². The molecule has 138 valence electrons. The van der Waals surface area contributed by atoms with Crippen molar-refractivity contribution in [2.24, 2.45) is 0 Å². The first-order valence-corrected chi connectivity index (χ1v) is 10.4. The van der Waals surface area contributed by atoms with Crippen molar-refractivity contribution >= 4 is 11.3 Å². The lowest BCUT2D eigenvalue weighted by atomic mass is 10.1. The van der Waals surface area contributed by atoms with Gasteiger partial charge in [-0.15, -0.1) is 11.3 Å². The van der Waals surface area contributed by atoms with Crippen molar-refractivity contribution < 1.29 is 9.30 Å². The first kappa shape index (κ1) is 18.9. The third-order valence-electron chi connectivity index (χ3n) is 4.60. The van der Waals surface area contributed by atoms with E-state index in [1.54, 1.807) is 11.3 Å². The molecule has 0 saturated carbocycles. The summed E-state index contributed by atoms with van der Waals surface area (Å²) in [6, 6.07) is 13.2. The van der Waals surface area contributed by atoms with Crippen LogP contribution in [0.1, 0.15) is 48.8 Å². The molecule has 0 spiro atoms. The number of aromatic nitrogens is 2. The van der Waals surface area contributed by atoms with E-state index in [9.17, 15) is 0 Å². The molecule has 1 unspecified atom stereocenters. The van der Waals surface area contributed by atoms with Crippen molar-refractivity contribution in [2.45, 2.75) is 52.3 Å². The summed E-state index contributed by atoms with van der Waals surface area (Å²) in [5.74, 6) is 0. The number of rotatable bonds is 10. The number of benzene rings is 1. The van der Waals surface area contributed by atoms with E-state index in [4.69, 9.17) is 4.74 Å². The summed E-state index contributed by atoms with van der Waals surface area (Å²) in [5, 5.41) is 2.13. The van der Waals surface area contributed by atoms with Crippen LogP contribution in [-0.4, -0.2) is 11.2 Å². The van der Waals surface area contributed by atoms with E-state index >= 15 is 0 Å². The number of nitrogens with zero attached hydrogens (tertiary/aromatic N) is 2. The van der Waals surface area contributed by atoms with Gasteiger partial charge in [0, 0.05) is 11.5 Å². The highest BCUT2D eigenvalue weighted by Crippen LogP contribution is 2.24. The molecule has 3 rings (SSSR count). The second-order valence-electron chi connectivity index (χ2n) is 6.68. The van der Waals surface area contributed by atoms with Gasteiger partial charge in [-0.2, -0.15) is 0 Å². The van der Waals surface area contributed by atoms with Crippen LogP contribution in [0.25, 0.3) is 0 Å². The molecule has 3 nitrogen and oxygen atoms in total. The molecule has 0 amide bonds. The zero-order chi connectivity index (χ0) is 18.2. The maximum atomic E-state index is 6.16. The molecule has 2 heterocycles. The Morgan fingerprint density at radius 1 is 1.12 bits per heavy atom. The summed E-state index contributed by atoms with van der Waals surface area (Å²) in [6.45, 7) is 6.97. The largest absolute Gasteiger partial charge is 0.369 e. The minimum absolute atomic E-state index is 0.131. The Balaban J connectivity index is 1.63. The highest BCUT2D eigenvalue weighted by atomic mass is 32.1. The molecule has 0 aliphatic heterocycles. The smallest absolute Gasteiger partial charge is 0.244 e. The van der Waals surface area contributed by atoms with E-state index in [0.29, 0.717) is 0 Å². The zero-order valence-corrected chi connectivity index (χ0v) is 16.6.